The molecule has 132 valence electrons. The summed E-state index contributed by atoms with van der Waals surface area (Å²) in [5.41, 5.74) is 0.280. The van der Waals surface area contributed by atoms with Crippen LogP contribution in [0.4, 0.5) is 4.39 Å². The molecule has 0 radical (unpaired) electrons. The van der Waals surface area contributed by atoms with Crippen LogP contribution in [0.3, 0.4) is 0 Å². The molecule has 0 aliphatic heterocycles. The Morgan fingerprint density at radius 1 is 1.04 bits per heavy atom. The molecule has 0 fully saturated rings. The van der Waals surface area contributed by atoms with Crippen LogP contribution in [-0.4, -0.2) is 32.7 Å². The zero-order valence-corrected chi connectivity index (χ0v) is 16.4. The Balaban J connectivity index is 2.52. The van der Waals surface area contributed by atoms with Gasteiger partial charge in [0, 0.05) is 0 Å². The lowest BCUT2D eigenvalue weighted by Crippen LogP contribution is -2.43. The molecule has 3 nitrogen and oxygen atoms in total. The van der Waals surface area contributed by atoms with E-state index in [1.54, 1.807) is 12.1 Å². The molecule has 0 bridgehead atoms. The number of aliphatic hydroxyl groups is 1. The molecular formula is C18H31FO3Si. The van der Waals surface area contributed by atoms with Crippen LogP contribution < -0.4 is 0 Å². The van der Waals surface area contributed by atoms with Crippen molar-refractivity contribution in [1.82, 2.24) is 0 Å². The highest BCUT2D eigenvalue weighted by molar-refractivity contribution is 6.74. The molecule has 0 aliphatic carbocycles. The van der Waals surface area contributed by atoms with Crippen LogP contribution in [0.15, 0.2) is 24.3 Å². The average Bonchev–Trinajstić information content (AvgIpc) is 2.42. The summed E-state index contributed by atoms with van der Waals surface area (Å²) in [4.78, 5) is 0. The van der Waals surface area contributed by atoms with E-state index < -0.39 is 20.0 Å². The second-order valence-corrected chi connectivity index (χ2v) is 12.9. The molecule has 0 heterocycles. The Hall–Kier alpha value is -0.753. The lowest BCUT2D eigenvalue weighted by molar-refractivity contribution is -0.0728. The van der Waals surface area contributed by atoms with Gasteiger partial charge in [-0.1, -0.05) is 32.9 Å². The Morgan fingerprint density at radius 3 is 2.04 bits per heavy atom. The van der Waals surface area contributed by atoms with E-state index in [0.29, 0.717) is 0 Å². The minimum absolute atomic E-state index is 0.112. The van der Waals surface area contributed by atoms with Gasteiger partial charge < -0.3 is 14.3 Å². The van der Waals surface area contributed by atoms with E-state index in [2.05, 4.69) is 33.9 Å². The quantitative estimate of drug-likeness (QED) is 0.744. The minimum Gasteiger partial charge on any atom is -0.414 e. The standard InChI is InChI=1S/C18H31FO3Si/c1-17(2,3)23(6,7)22-13-16(20)12-21-18(4,5)14-8-10-15(19)11-9-14/h8-11,16,20H,12-13H2,1-7H3. The van der Waals surface area contributed by atoms with Crippen molar-refractivity contribution in [2.24, 2.45) is 0 Å². The first-order chi connectivity index (χ1) is 10.3. The topological polar surface area (TPSA) is 38.7 Å². The highest BCUT2D eigenvalue weighted by Crippen LogP contribution is 2.36. The van der Waals surface area contributed by atoms with E-state index in [1.807, 2.05) is 13.8 Å². The SMILES string of the molecule is CC(C)(OCC(O)CO[Si](C)(C)C(C)(C)C)c1ccc(F)cc1. The van der Waals surface area contributed by atoms with E-state index in [4.69, 9.17) is 9.16 Å². The zero-order valence-electron chi connectivity index (χ0n) is 15.4. The van der Waals surface area contributed by atoms with Crippen molar-refractivity contribution in [2.45, 2.75) is 64.5 Å². The molecule has 1 unspecified atom stereocenters. The van der Waals surface area contributed by atoms with Crippen LogP contribution >= 0.6 is 0 Å². The van der Waals surface area contributed by atoms with Gasteiger partial charge in [-0.25, -0.2) is 4.39 Å². The fraction of sp³-hybridized carbons (Fsp3) is 0.667. The van der Waals surface area contributed by atoms with Crippen molar-refractivity contribution in [2.75, 3.05) is 13.2 Å². The molecule has 1 rings (SSSR count). The van der Waals surface area contributed by atoms with Crippen molar-refractivity contribution in [3.05, 3.63) is 35.6 Å². The second-order valence-electron chi connectivity index (χ2n) is 8.05. The monoisotopic (exact) mass is 342 g/mol. The van der Waals surface area contributed by atoms with Crippen molar-refractivity contribution in [1.29, 1.82) is 0 Å². The predicted octanol–water partition coefficient (Wildman–Crippen LogP) is 4.46. The van der Waals surface area contributed by atoms with Crippen molar-refractivity contribution in [3.63, 3.8) is 0 Å². The largest absolute Gasteiger partial charge is 0.414 e. The van der Waals surface area contributed by atoms with E-state index in [0.717, 1.165) is 5.56 Å². The van der Waals surface area contributed by atoms with Crippen molar-refractivity contribution >= 4 is 8.32 Å². The molecule has 0 amide bonds. The number of ether oxygens (including phenoxy) is 1. The zero-order chi connectivity index (χ0) is 17.9. The normalized spacial score (nSPS) is 14.8. The lowest BCUT2D eigenvalue weighted by atomic mass is 9.98. The summed E-state index contributed by atoms with van der Waals surface area (Å²) in [5, 5.41) is 10.3. The molecule has 0 aromatic heterocycles. The van der Waals surface area contributed by atoms with Gasteiger partial charge >= 0.3 is 0 Å². The molecular weight excluding hydrogens is 311 g/mol. The van der Waals surface area contributed by atoms with E-state index >= 15 is 0 Å². The molecule has 0 saturated carbocycles. The van der Waals surface area contributed by atoms with Crippen molar-refractivity contribution < 1.29 is 18.7 Å². The Kier molecular flexibility index (Phi) is 6.55. The van der Waals surface area contributed by atoms with Crippen LogP contribution in [0.5, 0.6) is 0 Å². The Bertz CT molecular complexity index is 492. The summed E-state index contributed by atoms with van der Waals surface area (Å²) in [7, 11) is -1.87. The lowest BCUT2D eigenvalue weighted by Gasteiger charge is -2.37. The van der Waals surface area contributed by atoms with Gasteiger partial charge in [0.2, 0.25) is 0 Å². The maximum absolute atomic E-state index is 13.0. The van der Waals surface area contributed by atoms with Crippen LogP contribution in [0.2, 0.25) is 18.1 Å². The van der Waals surface area contributed by atoms with Crippen molar-refractivity contribution in [3.8, 4) is 0 Å². The molecule has 0 spiro atoms. The van der Waals surface area contributed by atoms with Gasteiger partial charge in [-0.05, 0) is 49.7 Å². The van der Waals surface area contributed by atoms with Gasteiger partial charge in [-0.2, -0.15) is 0 Å². The maximum Gasteiger partial charge on any atom is 0.192 e. The summed E-state index contributed by atoms with van der Waals surface area (Å²) in [6, 6.07) is 6.23. The third-order valence-corrected chi connectivity index (χ3v) is 9.12. The molecule has 5 heteroatoms. The van der Waals surface area contributed by atoms with Gasteiger partial charge in [0.15, 0.2) is 8.32 Å². The Labute approximate surface area is 141 Å². The first-order valence-electron chi connectivity index (χ1n) is 8.07. The molecule has 0 aliphatic rings. The van der Waals surface area contributed by atoms with E-state index in [1.165, 1.54) is 12.1 Å². The minimum atomic E-state index is -1.87. The first kappa shape index (κ1) is 20.3. The molecule has 0 saturated heterocycles. The predicted molar refractivity (Wildman–Crippen MR) is 94.5 cm³/mol. The summed E-state index contributed by atoms with van der Waals surface area (Å²) in [6.45, 7) is 15.1. The number of rotatable bonds is 7. The summed E-state index contributed by atoms with van der Waals surface area (Å²) in [6.07, 6.45) is -0.677. The fourth-order valence-electron chi connectivity index (χ4n) is 1.81. The highest BCUT2D eigenvalue weighted by Gasteiger charge is 2.37. The molecule has 23 heavy (non-hydrogen) atoms. The van der Waals surface area contributed by atoms with Crippen LogP contribution in [-0.2, 0) is 14.8 Å². The van der Waals surface area contributed by atoms with Gasteiger partial charge in [0.25, 0.3) is 0 Å². The van der Waals surface area contributed by atoms with Crippen LogP contribution in [0.25, 0.3) is 0 Å². The third kappa shape index (κ3) is 5.99. The summed E-state index contributed by atoms with van der Waals surface area (Å²) in [5.74, 6) is -0.271. The Morgan fingerprint density at radius 2 is 1.57 bits per heavy atom. The maximum atomic E-state index is 13.0. The smallest absolute Gasteiger partial charge is 0.192 e. The van der Waals surface area contributed by atoms with E-state index in [9.17, 15) is 9.50 Å². The number of aliphatic hydroxyl groups excluding tert-OH is 1. The number of halogens is 1. The molecule has 1 aromatic rings. The molecule has 1 N–H and O–H groups in total. The van der Waals surface area contributed by atoms with Gasteiger partial charge in [-0.3, -0.25) is 0 Å². The highest BCUT2D eigenvalue weighted by atomic mass is 28.4. The van der Waals surface area contributed by atoms with E-state index in [-0.39, 0.29) is 24.1 Å². The molecule has 1 atom stereocenters. The number of hydrogen-bond donors (Lipinski definition) is 1. The van der Waals surface area contributed by atoms with Crippen LogP contribution in [0.1, 0.15) is 40.2 Å². The fourth-order valence-corrected chi connectivity index (χ4v) is 2.85. The average molecular weight is 343 g/mol. The van der Waals surface area contributed by atoms with Gasteiger partial charge in [0.1, 0.15) is 5.82 Å². The van der Waals surface area contributed by atoms with Gasteiger partial charge in [0.05, 0.1) is 24.9 Å². The van der Waals surface area contributed by atoms with Gasteiger partial charge in [-0.15, -0.1) is 0 Å². The summed E-state index contributed by atoms with van der Waals surface area (Å²) >= 11 is 0. The number of hydrogen-bond acceptors (Lipinski definition) is 3. The summed E-state index contributed by atoms with van der Waals surface area (Å²) < 4.78 is 24.8. The third-order valence-electron chi connectivity index (χ3n) is 4.62. The number of benzene rings is 1. The first-order valence-corrected chi connectivity index (χ1v) is 11.0. The second kappa shape index (κ2) is 7.43. The van der Waals surface area contributed by atoms with Crippen LogP contribution in [0, 0.1) is 5.82 Å². The molecule has 1 aromatic carbocycles.